The van der Waals surface area contributed by atoms with Gasteiger partial charge in [0.15, 0.2) is 0 Å². The molecule has 88 valence electrons. The van der Waals surface area contributed by atoms with Gasteiger partial charge in [-0.05, 0) is 37.6 Å². The molecule has 0 aliphatic heterocycles. The number of primary amides is 1. The van der Waals surface area contributed by atoms with E-state index < -0.39 is 11.9 Å². The lowest BCUT2D eigenvalue weighted by atomic mass is 10.1. The van der Waals surface area contributed by atoms with E-state index in [1.165, 1.54) is 0 Å². The molecule has 0 bridgehead atoms. The zero-order valence-corrected chi connectivity index (χ0v) is 11.5. The van der Waals surface area contributed by atoms with Gasteiger partial charge in [0.2, 0.25) is 5.91 Å². The minimum Gasteiger partial charge on any atom is -0.368 e. The van der Waals surface area contributed by atoms with Crippen LogP contribution in [0.15, 0.2) is 22.7 Å². The molecule has 0 aliphatic rings. The first-order valence-electron chi connectivity index (χ1n) is 4.92. The van der Waals surface area contributed by atoms with Crippen LogP contribution in [0.25, 0.3) is 0 Å². The summed E-state index contributed by atoms with van der Waals surface area (Å²) in [5, 5.41) is 3.61. The maximum absolute atomic E-state index is 11.4. The van der Waals surface area contributed by atoms with Crippen LogP contribution in [0, 0.1) is 0 Å². The second-order valence-corrected chi connectivity index (χ2v) is 5.15. The van der Waals surface area contributed by atoms with Crippen LogP contribution in [-0.4, -0.2) is 11.9 Å². The lowest BCUT2D eigenvalue weighted by molar-refractivity contribution is -0.120. The molecule has 0 aliphatic carbocycles. The lowest BCUT2D eigenvalue weighted by Crippen LogP contribution is -2.37. The Labute approximate surface area is 108 Å². The quantitative estimate of drug-likeness (QED) is 0.898. The van der Waals surface area contributed by atoms with Gasteiger partial charge in [0, 0.05) is 15.5 Å². The third-order valence-electron chi connectivity index (χ3n) is 2.05. The van der Waals surface area contributed by atoms with Crippen LogP contribution in [-0.2, 0) is 4.79 Å². The summed E-state index contributed by atoms with van der Waals surface area (Å²) in [5.74, 6) is -0.436. The number of carbonyl (C=O) groups excluding carboxylic acids is 1. The Morgan fingerprint density at radius 1 is 1.50 bits per heavy atom. The fraction of sp³-hybridized carbons (Fsp3) is 0.364. The maximum Gasteiger partial charge on any atom is 0.239 e. The first kappa shape index (κ1) is 13.5. The third-order valence-corrected chi connectivity index (χ3v) is 2.89. The number of nitrogens with two attached hydrogens (primary N) is 1. The highest BCUT2D eigenvalue weighted by Gasteiger charge is 2.21. The lowest BCUT2D eigenvalue weighted by Gasteiger charge is -2.19. The molecule has 1 aromatic rings. The number of benzene rings is 1. The number of rotatable bonds is 4. The van der Waals surface area contributed by atoms with E-state index in [9.17, 15) is 4.79 Å². The Bertz CT molecular complexity index is 396. The average molecular weight is 306 g/mol. The summed E-state index contributed by atoms with van der Waals surface area (Å²) in [7, 11) is 0. The zero-order valence-electron chi connectivity index (χ0n) is 9.13. The number of carbonyl (C=O) groups is 1. The highest BCUT2D eigenvalue weighted by Crippen LogP contribution is 2.26. The van der Waals surface area contributed by atoms with E-state index in [1.807, 2.05) is 19.9 Å². The Kier molecular flexibility index (Phi) is 4.77. The third kappa shape index (κ3) is 3.47. The van der Waals surface area contributed by atoms with Crippen LogP contribution >= 0.6 is 27.5 Å². The molecule has 0 saturated heterocycles. The van der Waals surface area contributed by atoms with Gasteiger partial charge >= 0.3 is 0 Å². The molecule has 5 heteroatoms. The van der Waals surface area contributed by atoms with Crippen molar-refractivity contribution in [3.05, 3.63) is 33.3 Å². The maximum atomic E-state index is 11.4. The van der Waals surface area contributed by atoms with Crippen molar-refractivity contribution in [2.24, 2.45) is 5.73 Å². The summed E-state index contributed by atoms with van der Waals surface area (Å²) < 4.78 is 0.865. The Morgan fingerprint density at radius 2 is 2.12 bits per heavy atom. The van der Waals surface area contributed by atoms with E-state index in [2.05, 4.69) is 21.2 Å². The van der Waals surface area contributed by atoms with Crippen molar-refractivity contribution in [1.29, 1.82) is 0 Å². The molecular formula is C11H14BrClN2O. The predicted octanol–water partition coefficient (Wildman–Crippen LogP) is 2.63. The second kappa shape index (κ2) is 5.66. The van der Waals surface area contributed by atoms with Gasteiger partial charge < -0.3 is 5.73 Å². The van der Waals surface area contributed by atoms with Crippen molar-refractivity contribution in [3.8, 4) is 0 Å². The monoisotopic (exact) mass is 304 g/mol. The number of hydrogen-bond donors (Lipinski definition) is 2. The van der Waals surface area contributed by atoms with Gasteiger partial charge in [-0.15, -0.1) is 0 Å². The fourth-order valence-corrected chi connectivity index (χ4v) is 2.00. The van der Waals surface area contributed by atoms with Crippen molar-refractivity contribution >= 4 is 33.4 Å². The molecule has 1 rings (SSSR count). The fourth-order valence-electron chi connectivity index (χ4n) is 1.39. The predicted molar refractivity (Wildman–Crippen MR) is 69.4 cm³/mol. The largest absolute Gasteiger partial charge is 0.368 e. The van der Waals surface area contributed by atoms with Crippen molar-refractivity contribution in [2.75, 3.05) is 0 Å². The Balaban J connectivity index is 3.10. The molecule has 1 unspecified atom stereocenters. The zero-order chi connectivity index (χ0) is 12.3. The van der Waals surface area contributed by atoms with E-state index in [0.29, 0.717) is 10.6 Å². The molecule has 1 amide bonds. The molecule has 0 fully saturated rings. The number of hydrogen-bond acceptors (Lipinski definition) is 2. The van der Waals surface area contributed by atoms with E-state index in [0.717, 1.165) is 4.47 Å². The van der Waals surface area contributed by atoms with Gasteiger partial charge in [-0.3, -0.25) is 10.1 Å². The van der Waals surface area contributed by atoms with Crippen LogP contribution in [0.2, 0.25) is 5.02 Å². The summed E-state index contributed by atoms with van der Waals surface area (Å²) >= 11 is 9.39. The first-order chi connectivity index (χ1) is 7.41. The minimum atomic E-state index is -0.565. The van der Waals surface area contributed by atoms with Gasteiger partial charge in [-0.25, -0.2) is 0 Å². The minimum absolute atomic E-state index is 0.146. The van der Waals surface area contributed by atoms with Crippen molar-refractivity contribution in [3.63, 3.8) is 0 Å². The second-order valence-electron chi connectivity index (χ2n) is 3.82. The van der Waals surface area contributed by atoms with Gasteiger partial charge in [-0.1, -0.05) is 27.5 Å². The average Bonchev–Trinajstić information content (AvgIpc) is 2.18. The van der Waals surface area contributed by atoms with Crippen LogP contribution in [0.1, 0.15) is 25.5 Å². The molecule has 0 spiro atoms. The van der Waals surface area contributed by atoms with Crippen LogP contribution in [0.4, 0.5) is 0 Å². The van der Waals surface area contributed by atoms with E-state index in [4.69, 9.17) is 17.3 Å². The molecule has 1 atom stereocenters. The number of halogens is 2. The standard InChI is InChI=1S/C11H14BrClN2O/c1-6(2)15-10(11(14)16)8-5-7(12)3-4-9(8)13/h3-6,10,15H,1-2H3,(H2,14,16). The Morgan fingerprint density at radius 3 is 2.62 bits per heavy atom. The van der Waals surface area contributed by atoms with Gasteiger partial charge in [0.25, 0.3) is 0 Å². The highest BCUT2D eigenvalue weighted by atomic mass is 79.9. The molecule has 0 saturated carbocycles. The summed E-state index contributed by atoms with van der Waals surface area (Å²) in [6.45, 7) is 3.89. The molecular weight excluding hydrogens is 291 g/mol. The smallest absolute Gasteiger partial charge is 0.239 e. The van der Waals surface area contributed by atoms with Crippen LogP contribution < -0.4 is 11.1 Å². The molecule has 0 radical (unpaired) electrons. The van der Waals surface area contributed by atoms with Gasteiger partial charge in [0.05, 0.1) is 0 Å². The first-order valence-corrected chi connectivity index (χ1v) is 6.09. The van der Waals surface area contributed by atoms with Crippen molar-refractivity contribution in [2.45, 2.75) is 25.9 Å². The topological polar surface area (TPSA) is 55.1 Å². The Hall–Kier alpha value is -0.580. The van der Waals surface area contributed by atoms with E-state index in [1.54, 1.807) is 12.1 Å². The number of amides is 1. The SMILES string of the molecule is CC(C)NC(C(N)=O)c1cc(Br)ccc1Cl. The molecule has 3 N–H and O–H groups in total. The number of nitrogens with one attached hydrogen (secondary N) is 1. The van der Waals surface area contributed by atoms with Crippen molar-refractivity contribution < 1.29 is 4.79 Å². The van der Waals surface area contributed by atoms with Gasteiger partial charge in [0.1, 0.15) is 6.04 Å². The molecule has 0 aromatic heterocycles. The molecule has 16 heavy (non-hydrogen) atoms. The summed E-state index contributed by atoms with van der Waals surface area (Å²) in [6.07, 6.45) is 0. The highest BCUT2D eigenvalue weighted by molar-refractivity contribution is 9.10. The summed E-state index contributed by atoms with van der Waals surface area (Å²) in [5.41, 5.74) is 6.05. The van der Waals surface area contributed by atoms with E-state index in [-0.39, 0.29) is 6.04 Å². The summed E-state index contributed by atoms with van der Waals surface area (Å²) in [6, 6.07) is 4.93. The van der Waals surface area contributed by atoms with E-state index >= 15 is 0 Å². The van der Waals surface area contributed by atoms with Crippen molar-refractivity contribution in [1.82, 2.24) is 5.32 Å². The van der Waals surface area contributed by atoms with Crippen LogP contribution in [0.5, 0.6) is 0 Å². The molecule has 1 aromatic carbocycles. The summed E-state index contributed by atoms with van der Waals surface area (Å²) in [4.78, 5) is 11.4. The molecule has 0 heterocycles. The normalized spacial score (nSPS) is 12.8. The molecule has 3 nitrogen and oxygen atoms in total. The van der Waals surface area contributed by atoms with Gasteiger partial charge in [-0.2, -0.15) is 0 Å². The van der Waals surface area contributed by atoms with Crippen LogP contribution in [0.3, 0.4) is 0 Å².